The average Bonchev–Trinajstić information content (AvgIpc) is 2.69. The molecule has 0 amide bonds. The van der Waals surface area contributed by atoms with Crippen LogP contribution >= 0.6 is 20.2 Å². The van der Waals surface area contributed by atoms with E-state index in [1.54, 1.807) is 39.1 Å². The number of hydrogen-bond donors (Lipinski definition) is 1. The Balaban J connectivity index is 2.38. The van der Waals surface area contributed by atoms with Gasteiger partial charge in [-0.25, -0.2) is 0 Å². The molecule has 0 fully saturated rings. The van der Waals surface area contributed by atoms with Crippen LogP contribution in [0.5, 0.6) is 0 Å². The molecule has 1 aromatic rings. The van der Waals surface area contributed by atoms with E-state index in [1.165, 1.54) is 11.4 Å². The molecule has 7 heteroatoms. The Morgan fingerprint density at radius 1 is 1.19 bits per heavy atom. The monoisotopic (exact) mass is 421 g/mol. The van der Waals surface area contributed by atoms with E-state index in [0.717, 1.165) is 0 Å². The van der Waals surface area contributed by atoms with Crippen LogP contribution in [-0.2, 0) is 5.60 Å². The molecule has 0 saturated carbocycles. The fourth-order valence-corrected chi connectivity index (χ4v) is 7.91. The van der Waals surface area contributed by atoms with E-state index in [-0.39, 0.29) is 6.54 Å². The Labute approximate surface area is 129 Å². The number of benzene rings is 1. The fourth-order valence-electron chi connectivity index (χ4n) is 2.20. The summed E-state index contributed by atoms with van der Waals surface area (Å²) >= 11 is -3.66. The van der Waals surface area contributed by atoms with Gasteiger partial charge in [0.05, 0.1) is 0 Å². The molecule has 0 spiro atoms. The molecule has 0 unspecified atom stereocenters. The molecule has 0 aromatic heterocycles. The number of quaternary nitrogens is 1. The third-order valence-corrected chi connectivity index (χ3v) is 9.21. The van der Waals surface area contributed by atoms with Crippen LogP contribution in [0.3, 0.4) is 0 Å². The Morgan fingerprint density at radius 3 is 2.43 bits per heavy atom. The summed E-state index contributed by atoms with van der Waals surface area (Å²) in [5.74, 6) is -4.01. The number of rotatable bonds is 5. The molecule has 120 valence electrons. The first-order chi connectivity index (χ1) is 9.63. The van der Waals surface area contributed by atoms with Gasteiger partial charge in [-0.15, -0.1) is 0 Å². The van der Waals surface area contributed by atoms with E-state index in [9.17, 15) is 17.6 Å². The number of hydrogen-bond acceptors (Lipinski definition) is 0. The van der Waals surface area contributed by atoms with Crippen LogP contribution in [0.15, 0.2) is 24.3 Å². The minimum atomic E-state index is -4.04. The SMILES string of the molecule is C[NH2+]CCC(F)(F)C(F)(F)I1[OH+]C(C)(C)c2ccccc21. The Hall–Kier alpha value is -0.410. The molecule has 0 radical (unpaired) electrons. The van der Waals surface area contributed by atoms with Crippen molar-refractivity contribution >= 4 is 20.2 Å². The molecule has 0 atom stereocenters. The number of aliphatic hydroxyl groups is 1. The van der Waals surface area contributed by atoms with E-state index in [1.807, 2.05) is 0 Å². The number of fused-ring (bicyclic) bond motifs is 1. The number of alkyl halides is 5. The summed E-state index contributed by atoms with van der Waals surface area (Å²) in [4.78, 5) is 0. The van der Waals surface area contributed by atoms with Crippen molar-refractivity contribution in [2.45, 2.75) is 35.7 Å². The van der Waals surface area contributed by atoms with Crippen LogP contribution in [0.25, 0.3) is 0 Å². The van der Waals surface area contributed by atoms with Gasteiger partial charge in [0.25, 0.3) is 0 Å². The molecule has 1 aromatic carbocycles. The van der Waals surface area contributed by atoms with Gasteiger partial charge >= 0.3 is 129 Å². The van der Waals surface area contributed by atoms with Crippen LogP contribution in [-0.4, -0.2) is 26.5 Å². The second-order valence-corrected chi connectivity index (χ2v) is 10.0. The molecule has 0 aliphatic carbocycles. The predicted octanol–water partition coefficient (Wildman–Crippen LogP) is 2.87. The van der Waals surface area contributed by atoms with Crippen LogP contribution in [0, 0.1) is 3.57 Å². The molecule has 1 heterocycles. The van der Waals surface area contributed by atoms with Gasteiger partial charge in [-0.05, 0) is 0 Å². The van der Waals surface area contributed by atoms with Gasteiger partial charge < -0.3 is 0 Å². The molecule has 21 heavy (non-hydrogen) atoms. The predicted molar refractivity (Wildman–Crippen MR) is 81.6 cm³/mol. The molecular weight excluding hydrogens is 401 g/mol. The summed E-state index contributed by atoms with van der Waals surface area (Å²) in [6.07, 6.45) is -0.831. The maximum atomic E-state index is 14.5. The van der Waals surface area contributed by atoms with Crippen molar-refractivity contribution in [1.29, 1.82) is 0 Å². The third-order valence-electron chi connectivity index (χ3n) is 3.41. The van der Waals surface area contributed by atoms with E-state index in [0.29, 0.717) is 9.13 Å². The first kappa shape index (κ1) is 17.0. The summed E-state index contributed by atoms with van der Waals surface area (Å²) in [5.41, 5.74) is -0.148. The van der Waals surface area contributed by atoms with Gasteiger partial charge in [-0.2, -0.15) is 0 Å². The molecule has 2 rings (SSSR count). The molecule has 1 aliphatic heterocycles. The van der Waals surface area contributed by atoms with E-state index in [2.05, 4.69) is 3.07 Å². The van der Waals surface area contributed by atoms with Crippen molar-refractivity contribution in [1.82, 2.24) is 0 Å². The molecule has 0 saturated heterocycles. The summed E-state index contributed by atoms with van der Waals surface area (Å²) in [6.45, 7) is 3.38. The molecular formula is C14H20F4INO+2. The topological polar surface area (TPSA) is 29.4 Å². The molecule has 1 aliphatic rings. The van der Waals surface area contributed by atoms with Crippen molar-refractivity contribution < 1.29 is 25.9 Å². The Kier molecular flexibility index (Phi) is 4.57. The Morgan fingerprint density at radius 2 is 1.81 bits per heavy atom. The van der Waals surface area contributed by atoms with Crippen LogP contribution in [0.2, 0.25) is 0 Å². The van der Waals surface area contributed by atoms with Gasteiger partial charge in [-0.3, -0.25) is 0 Å². The fraction of sp³-hybridized carbons (Fsp3) is 0.571. The Bertz CT molecular complexity index is 521. The maximum absolute atomic E-state index is 14.5. The summed E-state index contributed by atoms with van der Waals surface area (Å²) in [6, 6.07) is 6.60. The number of nitrogens with two attached hydrogens (primary N) is 1. The molecule has 2 nitrogen and oxygen atoms in total. The standard InChI is InChI=1S/C14H18F4INO/c1-12(2)10-6-4-5-7-11(10)19(21-12)14(17,18)13(15,16)8-9-20-3/h4-7,20H,8-9H2,1-3H3/p+2. The van der Waals surface area contributed by atoms with Crippen LogP contribution < -0.4 is 5.32 Å². The zero-order chi connectivity index (χ0) is 15.9. The van der Waals surface area contributed by atoms with E-state index in [4.69, 9.17) is 0 Å². The van der Waals surface area contributed by atoms with Crippen molar-refractivity contribution in [3.05, 3.63) is 33.4 Å². The van der Waals surface area contributed by atoms with Crippen molar-refractivity contribution in [2.24, 2.45) is 0 Å². The van der Waals surface area contributed by atoms with Gasteiger partial charge in [-0.1, -0.05) is 0 Å². The minimum absolute atomic E-state index is 0.0301. The quantitative estimate of drug-likeness (QED) is 0.328. The number of halogens is 5. The van der Waals surface area contributed by atoms with Crippen molar-refractivity contribution in [3.8, 4) is 0 Å². The first-order valence-electron chi connectivity index (χ1n) is 6.69. The van der Waals surface area contributed by atoms with E-state index >= 15 is 0 Å². The molecule has 3 N–H and O–H groups in total. The zero-order valence-corrected chi connectivity index (χ0v) is 14.3. The second kappa shape index (κ2) is 5.66. The van der Waals surface area contributed by atoms with E-state index < -0.39 is 42.1 Å². The summed E-state index contributed by atoms with van der Waals surface area (Å²) in [7, 11) is 1.59. The van der Waals surface area contributed by atoms with Gasteiger partial charge in [0, 0.05) is 0 Å². The third kappa shape index (κ3) is 2.92. The van der Waals surface area contributed by atoms with Crippen LogP contribution in [0.4, 0.5) is 17.6 Å². The molecule has 0 bridgehead atoms. The van der Waals surface area contributed by atoms with Gasteiger partial charge in [0.15, 0.2) is 0 Å². The van der Waals surface area contributed by atoms with Crippen LogP contribution in [0.1, 0.15) is 25.8 Å². The summed E-state index contributed by atoms with van der Waals surface area (Å²) in [5, 5.41) is 1.48. The average molecular weight is 421 g/mol. The van der Waals surface area contributed by atoms with Gasteiger partial charge in [0.2, 0.25) is 0 Å². The second-order valence-electron chi connectivity index (χ2n) is 5.54. The zero-order valence-electron chi connectivity index (χ0n) is 12.1. The first-order valence-corrected chi connectivity index (χ1v) is 9.82. The van der Waals surface area contributed by atoms with Crippen molar-refractivity contribution in [2.75, 3.05) is 13.6 Å². The van der Waals surface area contributed by atoms with Crippen molar-refractivity contribution in [3.63, 3.8) is 0 Å². The van der Waals surface area contributed by atoms with Gasteiger partial charge in [0.1, 0.15) is 0 Å². The summed E-state index contributed by atoms with van der Waals surface area (Å²) < 4.78 is 57.4. The normalized spacial score (nSPS) is 19.7.